The number of nitrogens with one attached hydrogen (secondary N) is 1. The predicted molar refractivity (Wildman–Crippen MR) is 161 cm³/mol. The number of anilines is 2. The molecule has 7 nitrogen and oxygen atoms in total. The highest BCUT2D eigenvalue weighted by molar-refractivity contribution is 7.17. The van der Waals surface area contributed by atoms with Crippen molar-refractivity contribution in [3.63, 3.8) is 0 Å². The number of aromatic nitrogens is 1. The molecule has 0 spiro atoms. The van der Waals surface area contributed by atoms with Gasteiger partial charge in [0.2, 0.25) is 5.88 Å². The number of thiophene rings is 1. The molecular formula is C32H28N4O3S. The number of fused-ring (bicyclic) bond motifs is 3. The fraction of sp³-hybridized carbons (Fsp3) is 0.125. The predicted octanol–water partition coefficient (Wildman–Crippen LogP) is 6.34. The maximum absolute atomic E-state index is 13.6. The standard InChI is InChI=1S/C32H28N4O3S/c1-33-26(14-8-6-10-22-16-17-29(39-2)34-21-22)32(38)36-19-18-23-20-28(31(37)35-24-11-4-3-5-12-24)40-30(23)25-13-7-9-15-27(25)36/h3-9,11-17,20-21H,1,10,18-19H2,2H3,(H,35,37)/b8-6-,26-14-. The van der Waals surface area contributed by atoms with Crippen LogP contribution < -0.4 is 15.0 Å². The van der Waals surface area contributed by atoms with Crippen LogP contribution in [0, 0.1) is 0 Å². The average Bonchev–Trinajstić information content (AvgIpc) is 3.36. The number of para-hydroxylation sites is 2. The van der Waals surface area contributed by atoms with Gasteiger partial charge in [0.1, 0.15) is 5.70 Å². The van der Waals surface area contributed by atoms with Crippen LogP contribution in [0.3, 0.4) is 0 Å². The highest BCUT2D eigenvalue weighted by atomic mass is 32.1. The molecule has 0 aliphatic carbocycles. The summed E-state index contributed by atoms with van der Waals surface area (Å²) in [4.78, 5) is 38.2. The highest BCUT2D eigenvalue weighted by Crippen LogP contribution is 2.42. The van der Waals surface area contributed by atoms with Crippen molar-refractivity contribution in [3.05, 3.63) is 119 Å². The zero-order chi connectivity index (χ0) is 27.9. The second-order valence-electron chi connectivity index (χ2n) is 9.06. The lowest BCUT2D eigenvalue weighted by atomic mass is 10.1. The first-order valence-electron chi connectivity index (χ1n) is 12.8. The molecule has 8 heteroatoms. The van der Waals surface area contributed by atoms with Gasteiger partial charge >= 0.3 is 0 Å². The van der Waals surface area contributed by atoms with Crippen molar-refractivity contribution >= 4 is 41.2 Å². The lowest BCUT2D eigenvalue weighted by Gasteiger charge is -2.23. The van der Waals surface area contributed by atoms with E-state index in [9.17, 15) is 9.59 Å². The zero-order valence-electron chi connectivity index (χ0n) is 22.0. The number of pyridine rings is 1. The van der Waals surface area contributed by atoms with Crippen LogP contribution in [0.2, 0.25) is 0 Å². The van der Waals surface area contributed by atoms with Crippen molar-refractivity contribution < 1.29 is 14.3 Å². The van der Waals surface area contributed by atoms with Crippen molar-refractivity contribution in [2.24, 2.45) is 4.99 Å². The molecule has 40 heavy (non-hydrogen) atoms. The molecule has 1 aliphatic heterocycles. The SMILES string of the molecule is C=N/C(=C\C=C/Cc1ccc(OC)nc1)C(=O)N1CCc2cc(C(=O)Nc3ccccc3)sc2-c2ccccc21. The number of hydrogen-bond donors (Lipinski definition) is 1. The number of nitrogens with zero attached hydrogens (tertiary/aromatic N) is 3. The summed E-state index contributed by atoms with van der Waals surface area (Å²) >= 11 is 1.44. The fourth-order valence-electron chi connectivity index (χ4n) is 4.48. The molecule has 4 aromatic rings. The molecule has 0 saturated heterocycles. The molecule has 3 heterocycles. The van der Waals surface area contributed by atoms with Gasteiger partial charge in [0.15, 0.2) is 0 Å². The Balaban J connectivity index is 1.35. The Kier molecular flexibility index (Phi) is 8.27. The summed E-state index contributed by atoms with van der Waals surface area (Å²) in [6.07, 6.45) is 8.45. The molecule has 2 aromatic heterocycles. The smallest absolute Gasteiger partial charge is 0.276 e. The van der Waals surface area contributed by atoms with Gasteiger partial charge < -0.3 is 15.0 Å². The molecule has 0 atom stereocenters. The number of allylic oxidation sites excluding steroid dienone is 3. The minimum Gasteiger partial charge on any atom is -0.481 e. The van der Waals surface area contributed by atoms with E-state index in [2.05, 4.69) is 22.0 Å². The number of aliphatic imine (C=N–C) groups is 1. The Morgan fingerprint density at radius 1 is 1.12 bits per heavy atom. The summed E-state index contributed by atoms with van der Waals surface area (Å²) in [5, 5.41) is 2.96. The van der Waals surface area contributed by atoms with Crippen LogP contribution in [0.15, 0.2) is 108 Å². The Morgan fingerprint density at radius 2 is 1.93 bits per heavy atom. The minimum atomic E-state index is -0.226. The first kappa shape index (κ1) is 26.8. The van der Waals surface area contributed by atoms with Gasteiger partial charge in [0, 0.05) is 34.9 Å². The Bertz CT molecular complexity index is 1590. The third-order valence-corrected chi connectivity index (χ3v) is 7.70. The summed E-state index contributed by atoms with van der Waals surface area (Å²) in [5.74, 6) is 0.193. The number of carbonyl (C=O) groups is 2. The van der Waals surface area contributed by atoms with Crippen LogP contribution in [-0.4, -0.2) is 37.2 Å². The maximum atomic E-state index is 13.6. The second-order valence-corrected chi connectivity index (χ2v) is 10.1. The Labute approximate surface area is 237 Å². The van der Waals surface area contributed by atoms with Gasteiger partial charge in [0.05, 0.1) is 17.7 Å². The van der Waals surface area contributed by atoms with E-state index in [1.54, 1.807) is 24.3 Å². The number of methoxy groups -OCH3 is 1. The molecule has 5 rings (SSSR count). The van der Waals surface area contributed by atoms with E-state index < -0.39 is 0 Å². The molecule has 0 saturated carbocycles. The first-order valence-corrected chi connectivity index (χ1v) is 13.6. The summed E-state index contributed by atoms with van der Waals surface area (Å²) in [5.41, 5.74) is 4.76. The number of carbonyl (C=O) groups excluding carboxylic acids is 2. The van der Waals surface area contributed by atoms with Gasteiger partial charge in [-0.15, -0.1) is 11.3 Å². The number of hydrogen-bond acceptors (Lipinski definition) is 6. The van der Waals surface area contributed by atoms with E-state index in [-0.39, 0.29) is 17.5 Å². The van der Waals surface area contributed by atoms with Gasteiger partial charge in [-0.05, 0) is 61.0 Å². The van der Waals surface area contributed by atoms with E-state index in [1.807, 2.05) is 84.9 Å². The van der Waals surface area contributed by atoms with Gasteiger partial charge in [-0.3, -0.25) is 14.6 Å². The number of benzene rings is 2. The summed E-state index contributed by atoms with van der Waals surface area (Å²) in [6, 6.07) is 22.9. The largest absolute Gasteiger partial charge is 0.481 e. The summed E-state index contributed by atoms with van der Waals surface area (Å²) in [7, 11) is 1.58. The summed E-state index contributed by atoms with van der Waals surface area (Å²) < 4.78 is 5.09. The number of ether oxygens (including phenoxy) is 1. The average molecular weight is 549 g/mol. The van der Waals surface area contributed by atoms with Gasteiger partial charge in [-0.1, -0.05) is 54.6 Å². The zero-order valence-corrected chi connectivity index (χ0v) is 22.9. The quantitative estimate of drug-likeness (QED) is 0.158. The van der Waals surface area contributed by atoms with Crippen LogP contribution in [0.1, 0.15) is 20.8 Å². The fourth-order valence-corrected chi connectivity index (χ4v) is 5.62. The van der Waals surface area contributed by atoms with Crippen molar-refractivity contribution in [2.45, 2.75) is 12.8 Å². The van der Waals surface area contributed by atoms with E-state index >= 15 is 0 Å². The molecule has 1 N–H and O–H groups in total. The highest BCUT2D eigenvalue weighted by Gasteiger charge is 2.28. The lowest BCUT2D eigenvalue weighted by Crippen LogP contribution is -2.33. The van der Waals surface area contributed by atoms with Crippen LogP contribution in [0.5, 0.6) is 5.88 Å². The van der Waals surface area contributed by atoms with Crippen LogP contribution >= 0.6 is 11.3 Å². The Hall–Kier alpha value is -4.82. The van der Waals surface area contributed by atoms with Gasteiger partial charge in [-0.2, -0.15) is 0 Å². The molecule has 200 valence electrons. The molecular weight excluding hydrogens is 520 g/mol. The van der Waals surface area contributed by atoms with Crippen molar-refractivity contribution in [1.82, 2.24) is 4.98 Å². The van der Waals surface area contributed by atoms with E-state index in [1.165, 1.54) is 11.3 Å². The Morgan fingerprint density at radius 3 is 2.67 bits per heavy atom. The van der Waals surface area contributed by atoms with Gasteiger partial charge in [0.25, 0.3) is 11.8 Å². The molecule has 0 fully saturated rings. The molecule has 0 unspecified atom stereocenters. The molecule has 2 amide bonds. The third kappa shape index (κ3) is 5.92. The maximum Gasteiger partial charge on any atom is 0.276 e. The second kappa shape index (κ2) is 12.4. The molecule has 2 aromatic carbocycles. The lowest BCUT2D eigenvalue weighted by molar-refractivity contribution is -0.115. The summed E-state index contributed by atoms with van der Waals surface area (Å²) in [6.45, 7) is 4.09. The van der Waals surface area contributed by atoms with E-state index in [0.717, 1.165) is 32.9 Å². The number of amides is 2. The first-order chi connectivity index (χ1) is 19.6. The van der Waals surface area contributed by atoms with Crippen molar-refractivity contribution in [3.8, 4) is 16.3 Å². The number of rotatable bonds is 8. The normalized spacial score (nSPS) is 12.8. The molecule has 1 aliphatic rings. The van der Waals surface area contributed by atoms with Crippen LogP contribution in [-0.2, 0) is 17.6 Å². The topological polar surface area (TPSA) is 83.9 Å². The van der Waals surface area contributed by atoms with Crippen molar-refractivity contribution in [2.75, 3.05) is 23.9 Å². The monoisotopic (exact) mass is 548 g/mol. The van der Waals surface area contributed by atoms with E-state index in [4.69, 9.17) is 4.74 Å². The van der Waals surface area contributed by atoms with Crippen LogP contribution in [0.25, 0.3) is 10.4 Å². The van der Waals surface area contributed by atoms with Crippen molar-refractivity contribution in [1.29, 1.82) is 0 Å². The third-order valence-electron chi connectivity index (χ3n) is 6.49. The molecule has 0 bridgehead atoms. The van der Waals surface area contributed by atoms with Crippen LogP contribution in [0.4, 0.5) is 11.4 Å². The molecule has 0 radical (unpaired) electrons. The van der Waals surface area contributed by atoms with E-state index in [0.29, 0.717) is 30.1 Å². The van der Waals surface area contributed by atoms with Gasteiger partial charge in [-0.25, -0.2) is 4.98 Å². The minimum absolute atomic E-state index is 0.145.